The lowest BCUT2D eigenvalue weighted by Gasteiger charge is -2.14. The first kappa shape index (κ1) is 15.3. The lowest BCUT2D eigenvalue weighted by Crippen LogP contribution is -2.33. The average molecular weight is 282 g/mol. The van der Waals surface area contributed by atoms with Gasteiger partial charge in [0.05, 0.1) is 0 Å². The van der Waals surface area contributed by atoms with E-state index in [4.69, 9.17) is 0 Å². The average Bonchev–Trinajstić information content (AvgIpc) is 2.53. The van der Waals surface area contributed by atoms with Crippen molar-refractivity contribution >= 4 is 5.91 Å². The summed E-state index contributed by atoms with van der Waals surface area (Å²) in [4.78, 5) is 11.9. The van der Waals surface area contributed by atoms with Crippen LogP contribution in [0.2, 0.25) is 0 Å². The number of hydrogen-bond acceptors (Lipinski definition) is 2. The molecule has 3 nitrogen and oxygen atoms in total. The van der Waals surface area contributed by atoms with Gasteiger partial charge in [-0.1, -0.05) is 60.7 Å². The monoisotopic (exact) mass is 282 g/mol. The number of amides is 1. The predicted octanol–water partition coefficient (Wildman–Crippen LogP) is 2.87. The second kappa shape index (κ2) is 8.22. The highest BCUT2D eigenvalue weighted by Gasteiger charge is 2.08. The first-order valence-corrected chi connectivity index (χ1v) is 7.32. The van der Waals surface area contributed by atoms with E-state index in [0.29, 0.717) is 13.0 Å². The van der Waals surface area contributed by atoms with Gasteiger partial charge in [0.25, 0.3) is 0 Å². The van der Waals surface area contributed by atoms with Gasteiger partial charge in [0.2, 0.25) is 5.91 Å². The molecule has 1 amide bonds. The van der Waals surface area contributed by atoms with Crippen LogP contribution >= 0.6 is 0 Å². The third kappa shape index (κ3) is 5.79. The van der Waals surface area contributed by atoms with Gasteiger partial charge in [-0.05, 0) is 18.1 Å². The summed E-state index contributed by atoms with van der Waals surface area (Å²) in [7, 11) is 0. The van der Waals surface area contributed by atoms with E-state index in [9.17, 15) is 4.79 Å². The molecule has 0 unspecified atom stereocenters. The third-order valence-corrected chi connectivity index (χ3v) is 3.32. The molecule has 0 spiro atoms. The van der Waals surface area contributed by atoms with Crippen molar-refractivity contribution < 1.29 is 4.79 Å². The molecule has 0 saturated carbocycles. The largest absolute Gasteiger partial charge is 0.352 e. The summed E-state index contributed by atoms with van der Waals surface area (Å²) in [5, 5.41) is 6.32. The Kier molecular flexibility index (Phi) is 5.98. The molecular weight excluding hydrogens is 260 g/mol. The Morgan fingerprint density at radius 2 is 1.43 bits per heavy atom. The fourth-order valence-electron chi connectivity index (χ4n) is 2.11. The number of nitrogens with one attached hydrogen (secondary N) is 2. The summed E-state index contributed by atoms with van der Waals surface area (Å²) in [6, 6.07) is 20.3. The molecule has 0 aromatic heterocycles. The van der Waals surface area contributed by atoms with Crippen LogP contribution in [0.1, 0.15) is 24.5 Å². The van der Waals surface area contributed by atoms with Gasteiger partial charge < -0.3 is 10.6 Å². The van der Waals surface area contributed by atoms with Crippen molar-refractivity contribution in [2.24, 2.45) is 0 Å². The zero-order valence-electron chi connectivity index (χ0n) is 12.4. The lowest BCUT2D eigenvalue weighted by molar-refractivity contribution is -0.121. The van der Waals surface area contributed by atoms with E-state index in [0.717, 1.165) is 12.1 Å². The van der Waals surface area contributed by atoms with E-state index in [1.54, 1.807) is 0 Å². The van der Waals surface area contributed by atoms with Gasteiger partial charge in [-0.3, -0.25) is 4.79 Å². The lowest BCUT2D eigenvalue weighted by atomic mass is 10.1. The summed E-state index contributed by atoms with van der Waals surface area (Å²) in [5.74, 6) is 0.0758. The van der Waals surface area contributed by atoms with Crippen LogP contribution in [-0.2, 0) is 17.9 Å². The fourth-order valence-corrected chi connectivity index (χ4v) is 2.11. The van der Waals surface area contributed by atoms with Gasteiger partial charge in [-0.15, -0.1) is 0 Å². The molecule has 0 fully saturated rings. The Balaban J connectivity index is 1.67. The van der Waals surface area contributed by atoms with Gasteiger partial charge in [-0.2, -0.15) is 0 Å². The highest BCUT2D eigenvalue weighted by molar-refractivity contribution is 5.76. The van der Waals surface area contributed by atoms with Crippen LogP contribution < -0.4 is 10.6 Å². The van der Waals surface area contributed by atoms with Crippen LogP contribution in [-0.4, -0.2) is 11.9 Å². The van der Waals surface area contributed by atoms with E-state index in [-0.39, 0.29) is 11.9 Å². The standard InChI is InChI=1S/C18H22N2O/c1-15(19-13-16-8-4-2-5-9-16)12-18(21)20-14-17-10-6-3-7-11-17/h2-11,15,19H,12-14H2,1H3,(H,20,21)/t15-/m1/s1. The number of carbonyl (C=O) groups excluding carboxylic acids is 1. The van der Waals surface area contributed by atoms with Crippen LogP contribution in [0.25, 0.3) is 0 Å². The minimum Gasteiger partial charge on any atom is -0.352 e. The maximum Gasteiger partial charge on any atom is 0.221 e. The molecule has 0 saturated heterocycles. The van der Waals surface area contributed by atoms with E-state index >= 15 is 0 Å². The van der Waals surface area contributed by atoms with Crippen molar-refractivity contribution in [1.29, 1.82) is 0 Å². The normalized spacial score (nSPS) is 11.9. The molecule has 1 atom stereocenters. The van der Waals surface area contributed by atoms with Crippen LogP contribution in [0.4, 0.5) is 0 Å². The minimum absolute atomic E-state index is 0.0758. The van der Waals surface area contributed by atoms with Crippen molar-refractivity contribution in [3.8, 4) is 0 Å². The van der Waals surface area contributed by atoms with Crippen molar-refractivity contribution in [3.05, 3.63) is 71.8 Å². The number of carbonyl (C=O) groups is 1. The smallest absolute Gasteiger partial charge is 0.221 e. The highest BCUT2D eigenvalue weighted by Crippen LogP contribution is 2.01. The van der Waals surface area contributed by atoms with Gasteiger partial charge in [0.15, 0.2) is 0 Å². The third-order valence-electron chi connectivity index (χ3n) is 3.32. The van der Waals surface area contributed by atoms with Gasteiger partial charge >= 0.3 is 0 Å². The maximum absolute atomic E-state index is 11.9. The number of hydrogen-bond donors (Lipinski definition) is 2. The zero-order chi connectivity index (χ0) is 14.9. The summed E-state index contributed by atoms with van der Waals surface area (Å²) >= 11 is 0. The molecule has 0 aliphatic rings. The molecule has 3 heteroatoms. The Labute approximate surface area is 126 Å². The minimum atomic E-state index is 0.0758. The molecule has 0 aliphatic heterocycles. The second-order valence-electron chi connectivity index (χ2n) is 5.23. The Hall–Kier alpha value is -2.13. The van der Waals surface area contributed by atoms with Crippen molar-refractivity contribution in [2.75, 3.05) is 0 Å². The molecule has 0 radical (unpaired) electrons. The van der Waals surface area contributed by atoms with Crippen LogP contribution in [0, 0.1) is 0 Å². The Morgan fingerprint density at radius 1 is 0.905 bits per heavy atom. The van der Waals surface area contributed by atoms with E-state index in [2.05, 4.69) is 22.8 Å². The van der Waals surface area contributed by atoms with Crippen molar-refractivity contribution in [2.45, 2.75) is 32.5 Å². The predicted molar refractivity (Wildman–Crippen MR) is 85.6 cm³/mol. The summed E-state index contributed by atoms with van der Waals surface area (Å²) < 4.78 is 0. The van der Waals surface area contributed by atoms with Crippen LogP contribution in [0.15, 0.2) is 60.7 Å². The number of benzene rings is 2. The first-order chi connectivity index (χ1) is 10.2. The van der Waals surface area contributed by atoms with Gasteiger partial charge in [-0.25, -0.2) is 0 Å². The summed E-state index contributed by atoms with van der Waals surface area (Å²) in [6.07, 6.45) is 0.486. The second-order valence-corrected chi connectivity index (χ2v) is 5.23. The first-order valence-electron chi connectivity index (χ1n) is 7.32. The quantitative estimate of drug-likeness (QED) is 0.820. The fraction of sp³-hybridized carbons (Fsp3) is 0.278. The van der Waals surface area contributed by atoms with Crippen molar-refractivity contribution in [3.63, 3.8) is 0 Å². The van der Waals surface area contributed by atoms with Crippen molar-refractivity contribution in [1.82, 2.24) is 10.6 Å². The molecule has 0 aliphatic carbocycles. The maximum atomic E-state index is 11.9. The molecule has 110 valence electrons. The Bertz CT molecular complexity index is 540. The molecule has 2 aromatic rings. The topological polar surface area (TPSA) is 41.1 Å². The SMILES string of the molecule is C[C@H](CC(=O)NCc1ccccc1)NCc1ccccc1. The molecule has 2 rings (SSSR count). The molecule has 21 heavy (non-hydrogen) atoms. The Morgan fingerprint density at radius 3 is 2.00 bits per heavy atom. The summed E-state index contributed by atoms with van der Waals surface area (Å²) in [5.41, 5.74) is 2.35. The molecule has 2 N–H and O–H groups in total. The number of rotatable bonds is 7. The highest BCUT2D eigenvalue weighted by atomic mass is 16.1. The van der Waals surface area contributed by atoms with Gasteiger partial charge in [0.1, 0.15) is 0 Å². The van der Waals surface area contributed by atoms with Crippen LogP contribution in [0.3, 0.4) is 0 Å². The summed E-state index contributed by atoms with van der Waals surface area (Å²) in [6.45, 7) is 3.41. The molecule has 0 heterocycles. The van der Waals surface area contributed by atoms with Gasteiger partial charge in [0, 0.05) is 25.6 Å². The zero-order valence-corrected chi connectivity index (χ0v) is 12.4. The van der Waals surface area contributed by atoms with Crippen LogP contribution in [0.5, 0.6) is 0 Å². The molecular formula is C18H22N2O. The van der Waals surface area contributed by atoms with E-state index in [1.165, 1.54) is 5.56 Å². The molecule has 2 aromatic carbocycles. The molecule has 0 bridgehead atoms. The van der Waals surface area contributed by atoms with E-state index in [1.807, 2.05) is 55.5 Å². The van der Waals surface area contributed by atoms with E-state index < -0.39 is 0 Å².